The molecule has 7 heteroatoms. The van der Waals surface area contributed by atoms with Crippen molar-refractivity contribution >= 4 is 22.9 Å². The zero-order valence-corrected chi connectivity index (χ0v) is 15.3. The summed E-state index contributed by atoms with van der Waals surface area (Å²) in [5.41, 5.74) is 3.51. The molecule has 138 valence electrons. The zero-order valence-electron chi connectivity index (χ0n) is 15.3. The zero-order chi connectivity index (χ0) is 19.0. The Morgan fingerprint density at radius 3 is 2.52 bits per heavy atom. The van der Waals surface area contributed by atoms with Crippen LogP contribution in [0.3, 0.4) is 0 Å². The van der Waals surface area contributed by atoms with Crippen molar-refractivity contribution in [1.29, 1.82) is 0 Å². The van der Waals surface area contributed by atoms with Crippen molar-refractivity contribution in [3.05, 3.63) is 47.8 Å². The minimum absolute atomic E-state index is 0.0457. The van der Waals surface area contributed by atoms with Crippen LogP contribution in [0.5, 0.6) is 0 Å². The summed E-state index contributed by atoms with van der Waals surface area (Å²) in [5, 5.41) is 0. The Labute approximate surface area is 156 Å². The van der Waals surface area contributed by atoms with E-state index in [4.69, 9.17) is 4.42 Å². The topological polar surface area (TPSA) is 79.5 Å². The van der Waals surface area contributed by atoms with E-state index in [1.807, 2.05) is 19.1 Å². The van der Waals surface area contributed by atoms with Crippen LogP contribution < -0.4 is 0 Å². The smallest absolute Gasteiger partial charge is 0.254 e. The molecule has 0 aliphatic carbocycles. The first-order chi connectivity index (χ1) is 13.0. The third-order valence-electron chi connectivity index (χ3n) is 4.88. The van der Waals surface area contributed by atoms with Crippen molar-refractivity contribution in [2.75, 3.05) is 26.2 Å². The second kappa shape index (κ2) is 6.83. The maximum atomic E-state index is 12.8. The quantitative estimate of drug-likeness (QED) is 0.698. The Kier molecular flexibility index (Phi) is 4.35. The molecule has 1 fully saturated rings. The Hall–Kier alpha value is -3.22. The van der Waals surface area contributed by atoms with Gasteiger partial charge in [0.1, 0.15) is 5.52 Å². The number of aromatic nitrogens is 2. The van der Waals surface area contributed by atoms with Crippen LogP contribution >= 0.6 is 0 Å². The van der Waals surface area contributed by atoms with Crippen molar-refractivity contribution in [3.63, 3.8) is 0 Å². The molecule has 0 saturated carbocycles. The van der Waals surface area contributed by atoms with E-state index in [2.05, 4.69) is 9.97 Å². The van der Waals surface area contributed by atoms with E-state index in [-0.39, 0.29) is 11.8 Å². The Bertz CT molecular complexity index is 1020. The highest BCUT2D eigenvalue weighted by Crippen LogP contribution is 2.26. The summed E-state index contributed by atoms with van der Waals surface area (Å²) in [6.07, 6.45) is 1.73. The minimum Gasteiger partial charge on any atom is -0.436 e. The normalized spacial score (nSPS) is 14.6. The fraction of sp³-hybridized carbons (Fsp3) is 0.300. The SMILES string of the molecule is CC(=O)N1CCN(C(=O)c2ccc3oc(-c4cccnc4C)nc3c2)CC1. The van der Waals surface area contributed by atoms with Gasteiger partial charge in [-0.25, -0.2) is 4.98 Å². The molecule has 1 saturated heterocycles. The first kappa shape index (κ1) is 17.2. The van der Waals surface area contributed by atoms with Crippen molar-refractivity contribution < 1.29 is 14.0 Å². The molecule has 4 rings (SSSR count). The molecule has 27 heavy (non-hydrogen) atoms. The summed E-state index contributed by atoms with van der Waals surface area (Å²) in [7, 11) is 0. The van der Waals surface area contributed by atoms with Crippen LogP contribution in [0.25, 0.3) is 22.6 Å². The van der Waals surface area contributed by atoms with E-state index >= 15 is 0 Å². The third-order valence-corrected chi connectivity index (χ3v) is 4.88. The number of hydrogen-bond donors (Lipinski definition) is 0. The van der Waals surface area contributed by atoms with Crippen LogP contribution in [-0.4, -0.2) is 57.8 Å². The van der Waals surface area contributed by atoms with E-state index in [9.17, 15) is 9.59 Å². The van der Waals surface area contributed by atoms with Gasteiger partial charge in [0.2, 0.25) is 11.8 Å². The lowest BCUT2D eigenvalue weighted by atomic mass is 10.1. The molecule has 2 amide bonds. The molecule has 2 aromatic heterocycles. The highest BCUT2D eigenvalue weighted by molar-refractivity contribution is 5.97. The van der Waals surface area contributed by atoms with Crippen LogP contribution in [0.15, 0.2) is 40.9 Å². The number of fused-ring (bicyclic) bond motifs is 1. The molecular weight excluding hydrogens is 344 g/mol. The van der Waals surface area contributed by atoms with Gasteiger partial charge in [0.25, 0.3) is 5.91 Å². The van der Waals surface area contributed by atoms with Gasteiger partial charge in [0.15, 0.2) is 5.58 Å². The second-order valence-corrected chi connectivity index (χ2v) is 6.64. The Balaban J connectivity index is 1.58. The summed E-state index contributed by atoms with van der Waals surface area (Å²) < 4.78 is 5.84. The minimum atomic E-state index is -0.0535. The second-order valence-electron chi connectivity index (χ2n) is 6.64. The summed E-state index contributed by atoms with van der Waals surface area (Å²) in [4.78, 5) is 36.6. The van der Waals surface area contributed by atoms with Gasteiger partial charge in [-0.3, -0.25) is 14.6 Å². The Morgan fingerprint density at radius 2 is 1.81 bits per heavy atom. The van der Waals surface area contributed by atoms with E-state index in [1.165, 1.54) is 0 Å². The van der Waals surface area contributed by atoms with Crippen molar-refractivity contribution in [1.82, 2.24) is 19.8 Å². The predicted octanol–water partition coefficient (Wildman–Crippen LogP) is 2.50. The third kappa shape index (κ3) is 3.28. The number of amides is 2. The lowest BCUT2D eigenvalue weighted by molar-refractivity contribution is -0.130. The number of rotatable bonds is 2. The van der Waals surface area contributed by atoms with Crippen LogP contribution in [0, 0.1) is 6.92 Å². The number of hydrogen-bond acceptors (Lipinski definition) is 5. The molecule has 1 aromatic carbocycles. The molecule has 1 aliphatic heterocycles. The maximum absolute atomic E-state index is 12.8. The molecular formula is C20H20N4O3. The van der Waals surface area contributed by atoms with Gasteiger partial charge >= 0.3 is 0 Å². The fourth-order valence-electron chi connectivity index (χ4n) is 3.29. The largest absolute Gasteiger partial charge is 0.436 e. The summed E-state index contributed by atoms with van der Waals surface area (Å²) >= 11 is 0. The van der Waals surface area contributed by atoms with Crippen LogP contribution in [0.2, 0.25) is 0 Å². The number of oxazole rings is 1. The van der Waals surface area contributed by atoms with E-state index < -0.39 is 0 Å². The predicted molar refractivity (Wildman–Crippen MR) is 100 cm³/mol. The number of piperazine rings is 1. The number of carbonyl (C=O) groups is 2. The lowest BCUT2D eigenvalue weighted by Crippen LogP contribution is -2.50. The Morgan fingerprint density at radius 1 is 1.07 bits per heavy atom. The lowest BCUT2D eigenvalue weighted by Gasteiger charge is -2.34. The van der Waals surface area contributed by atoms with Crippen molar-refractivity contribution in [2.45, 2.75) is 13.8 Å². The fourth-order valence-corrected chi connectivity index (χ4v) is 3.29. The number of nitrogens with zero attached hydrogens (tertiary/aromatic N) is 4. The summed E-state index contributed by atoms with van der Waals surface area (Å²) in [5.74, 6) is 0.488. The van der Waals surface area contributed by atoms with Gasteiger partial charge in [0.05, 0.1) is 5.56 Å². The van der Waals surface area contributed by atoms with E-state index in [0.29, 0.717) is 48.7 Å². The summed E-state index contributed by atoms with van der Waals surface area (Å²) in [6, 6.07) is 9.04. The first-order valence-electron chi connectivity index (χ1n) is 8.90. The number of pyridine rings is 1. The van der Waals surface area contributed by atoms with Gasteiger partial charge in [0, 0.05) is 50.6 Å². The molecule has 7 nitrogen and oxygen atoms in total. The molecule has 0 atom stereocenters. The molecule has 3 heterocycles. The van der Waals surface area contributed by atoms with Gasteiger partial charge in [-0.1, -0.05) is 0 Å². The maximum Gasteiger partial charge on any atom is 0.254 e. The van der Waals surface area contributed by atoms with Crippen molar-refractivity contribution in [3.8, 4) is 11.5 Å². The molecule has 0 unspecified atom stereocenters. The molecule has 0 N–H and O–H groups in total. The van der Waals surface area contributed by atoms with E-state index in [1.54, 1.807) is 41.1 Å². The monoisotopic (exact) mass is 364 g/mol. The molecule has 0 bridgehead atoms. The average molecular weight is 364 g/mol. The summed E-state index contributed by atoms with van der Waals surface area (Å²) in [6.45, 7) is 5.66. The molecule has 3 aromatic rings. The van der Waals surface area contributed by atoms with Gasteiger partial charge in [-0.15, -0.1) is 0 Å². The van der Waals surface area contributed by atoms with Gasteiger partial charge in [-0.2, -0.15) is 0 Å². The average Bonchev–Trinajstić information content (AvgIpc) is 3.10. The van der Waals surface area contributed by atoms with E-state index in [0.717, 1.165) is 11.3 Å². The first-order valence-corrected chi connectivity index (χ1v) is 8.90. The number of benzene rings is 1. The van der Waals surface area contributed by atoms with Crippen LogP contribution in [0.4, 0.5) is 0 Å². The standard InChI is InChI=1S/C20H20N4O3/c1-13-16(4-3-7-21-13)19-22-17-12-15(5-6-18(17)27-19)20(26)24-10-8-23(9-11-24)14(2)25/h3-7,12H,8-11H2,1-2H3. The van der Waals surface area contributed by atoms with Gasteiger partial charge in [-0.05, 0) is 37.3 Å². The number of carbonyl (C=O) groups excluding carboxylic acids is 2. The molecule has 1 aliphatic rings. The number of aryl methyl sites for hydroxylation is 1. The van der Waals surface area contributed by atoms with Gasteiger partial charge < -0.3 is 14.2 Å². The van der Waals surface area contributed by atoms with Crippen LogP contribution in [0.1, 0.15) is 23.0 Å². The highest BCUT2D eigenvalue weighted by atomic mass is 16.3. The van der Waals surface area contributed by atoms with Crippen LogP contribution in [-0.2, 0) is 4.79 Å². The highest BCUT2D eigenvalue weighted by Gasteiger charge is 2.24. The molecule has 0 spiro atoms. The van der Waals surface area contributed by atoms with Crippen molar-refractivity contribution in [2.24, 2.45) is 0 Å². The molecule has 0 radical (unpaired) electrons.